The summed E-state index contributed by atoms with van der Waals surface area (Å²) in [4.78, 5) is 23.9. The Labute approximate surface area is 292 Å². The topological polar surface area (TPSA) is 74.6 Å². The van der Waals surface area contributed by atoms with E-state index in [0.717, 1.165) is 62.5 Å². The number of allylic oxidation sites excluding steroid dienone is 4. The number of rotatable bonds is 25. The van der Waals surface area contributed by atoms with Crippen LogP contribution < -0.4 is 0 Å². The standard InChI is InChI=1S/C22H40O2.C21H38O2/c1-19-20(22(2,3)17-16-21(19)24)15-13-11-9-7-5-4-6-8-10-12-14-18-23;1-18-19(21(2,3)16-15-20(18)23)14-12-10-8-6-4-5-7-9-11-13-17-22/h23H,4-18H2,1-3H3;22H,4-17H2,1-3H3. The van der Waals surface area contributed by atoms with E-state index in [-0.39, 0.29) is 10.8 Å². The number of ketones is 2. The van der Waals surface area contributed by atoms with E-state index in [1.54, 1.807) is 0 Å². The molecule has 274 valence electrons. The average Bonchev–Trinajstić information content (AvgIpc) is 3.03. The van der Waals surface area contributed by atoms with Gasteiger partial charge in [-0.1, -0.05) is 148 Å². The SMILES string of the molecule is CC1=C(CCCCCCCCCCCCCO)C(C)(C)CCC1=O.CC1=C(CCCCCCCCCCCCO)C(C)(C)CCC1=O. The van der Waals surface area contributed by atoms with Crippen LogP contribution in [0.2, 0.25) is 0 Å². The molecule has 0 aliphatic heterocycles. The van der Waals surface area contributed by atoms with Crippen LogP contribution in [0.5, 0.6) is 0 Å². The highest BCUT2D eigenvalue weighted by molar-refractivity contribution is 5.97. The molecule has 0 aromatic rings. The van der Waals surface area contributed by atoms with Gasteiger partial charge in [0.2, 0.25) is 0 Å². The molecular weight excluding hydrogens is 580 g/mol. The van der Waals surface area contributed by atoms with Gasteiger partial charge in [0.15, 0.2) is 11.6 Å². The van der Waals surface area contributed by atoms with E-state index in [1.165, 1.54) is 133 Å². The maximum absolute atomic E-state index is 11.9. The molecule has 4 heteroatoms. The second-order valence-corrected chi connectivity index (χ2v) is 16.2. The number of Topliss-reactive ketones (excluding diaryl/α,β-unsaturated/α-hetero) is 2. The van der Waals surface area contributed by atoms with E-state index >= 15 is 0 Å². The minimum Gasteiger partial charge on any atom is -0.396 e. The minimum absolute atomic E-state index is 0.229. The third kappa shape index (κ3) is 18.9. The molecular formula is C43H78O4. The van der Waals surface area contributed by atoms with Crippen molar-refractivity contribution in [3.05, 3.63) is 22.3 Å². The average molecular weight is 659 g/mol. The van der Waals surface area contributed by atoms with Crippen molar-refractivity contribution in [3.8, 4) is 0 Å². The Kier molecular flexibility index (Phi) is 23.9. The van der Waals surface area contributed by atoms with Crippen molar-refractivity contribution in [1.29, 1.82) is 0 Å². The zero-order valence-corrected chi connectivity index (χ0v) is 32.2. The lowest BCUT2D eigenvalue weighted by Gasteiger charge is -2.34. The fraction of sp³-hybridized carbons (Fsp3) is 0.860. The molecule has 0 amide bonds. The van der Waals surface area contributed by atoms with Crippen molar-refractivity contribution >= 4 is 11.6 Å². The Bertz CT molecular complexity index is 922. The summed E-state index contributed by atoms with van der Waals surface area (Å²) in [6.07, 6.45) is 32.5. The number of hydrogen-bond donors (Lipinski definition) is 2. The molecule has 0 radical (unpaired) electrons. The van der Waals surface area contributed by atoms with Gasteiger partial charge in [-0.25, -0.2) is 0 Å². The Balaban J connectivity index is 0.000000470. The third-order valence-electron chi connectivity index (χ3n) is 11.2. The van der Waals surface area contributed by atoms with E-state index < -0.39 is 0 Å². The maximum atomic E-state index is 11.9. The number of hydrogen-bond acceptors (Lipinski definition) is 4. The zero-order chi connectivity index (χ0) is 35.0. The predicted octanol–water partition coefficient (Wildman–Crippen LogP) is 12.3. The highest BCUT2D eigenvalue weighted by atomic mass is 16.3. The summed E-state index contributed by atoms with van der Waals surface area (Å²) < 4.78 is 0. The first kappa shape index (κ1) is 43.8. The number of aliphatic hydroxyl groups excluding tert-OH is 2. The van der Waals surface area contributed by atoms with Crippen LogP contribution in [-0.4, -0.2) is 35.0 Å². The summed E-state index contributed by atoms with van der Waals surface area (Å²) in [6, 6.07) is 0. The molecule has 0 bridgehead atoms. The molecule has 0 aromatic carbocycles. The Hall–Kier alpha value is -1.26. The molecule has 2 rings (SSSR count). The third-order valence-corrected chi connectivity index (χ3v) is 11.2. The summed E-state index contributed by atoms with van der Waals surface area (Å²) in [5, 5.41) is 17.5. The van der Waals surface area contributed by atoms with Crippen molar-refractivity contribution in [1.82, 2.24) is 0 Å². The Morgan fingerprint density at radius 1 is 0.426 bits per heavy atom. The molecule has 47 heavy (non-hydrogen) atoms. The summed E-state index contributed by atoms with van der Waals surface area (Å²) in [5.74, 6) is 0.754. The molecule has 0 aromatic heterocycles. The summed E-state index contributed by atoms with van der Waals surface area (Å²) in [7, 11) is 0. The smallest absolute Gasteiger partial charge is 0.158 e. The highest BCUT2D eigenvalue weighted by Crippen LogP contribution is 2.42. The van der Waals surface area contributed by atoms with Crippen molar-refractivity contribution in [2.45, 2.75) is 215 Å². The predicted molar refractivity (Wildman–Crippen MR) is 202 cm³/mol. The quantitative estimate of drug-likeness (QED) is 0.0957. The van der Waals surface area contributed by atoms with Gasteiger partial charge in [-0.15, -0.1) is 0 Å². The molecule has 0 heterocycles. The lowest BCUT2D eigenvalue weighted by Crippen LogP contribution is -2.25. The van der Waals surface area contributed by atoms with Crippen molar-refractivity contribution < 1.29 is 19.8 Å². The van der Waals surface area contributed by atoms with Crippen LogP contribution in [0.15, 0.2) is 22.3 Å². The lowest BCUT2D eigenvalue weighted by molar-refractivity contribution is -0.117. The molecule has 0 spiro atoms. The van der Waals surface area contributed by atoms with E-state index in [0.29, 0.717) is 24.8 Å². The monoisotopic (exact) mass is 659 g/mol. The first-order valence-electron chi connectivity index (χ1n) is 20.2. The maximum Gasteiger partial charge on any atom is 0.158 e. The van der Waals surface area contributed by atoms with Gasteiger partial charge in [0.05, 0.1) is 0 Å². The number of unbranched alkanes of at least 4 members (excludes halogenated alkanes) is 19. The molecule has 0 fully saturated rings. The van der Waals surface area contributed by atoms with Gasteiger partial charge in [0.25, 0.3) is 0 Å². The van der Waals surface area contributed by atoms with Crippen LogP contribution in [0.3, 0.4) is 0 Å². The van der Waals surface area contributed by atoms with Crippen LogP contribution >= 0.6 is 0 Å². The minimum atomic E-state index is 0.229. The van der Waals surface area contributed by atoms with Crippen molar-refractivity contribution in [3.63, 3.8) is 0 Å². The van der Waals surface area contributed by atoms with E-state index in [9.17, 15) is 9.59 Å². The molecule has 0 saturated carbocycles. The molecule has 0 saturated heterocycles. The van der Waals surface area contributed by atoms with Gasteiger partial charge in [0.1, 0.15) is 0 Å². The first-order valence-corrected chi connectivity index (χ1v) is 20.2. The van der Waals surface area contributed by atoms with E-state index in [1.807, 2.05) is 13.8 Å². The normalized spacial score (nSPS) is 17.7. The van der Waals surface area contributed by atoms with Gasteiger partial charge in [-0.3, -0.25) is 9.59 Å². The molecule has 0 atom stereocenters. The molecule has 2 aliphatic rings. The number of aliphatic hydroxyl groups is 2. The van der Waals surface area contributed by atoms with Crippen LogP contribution in [-0.2, 0) is 9.59 Å². The number of carbonyl (C=O) groups is 2. The second-order valence-electron chi connectivity index (χ2n) is 16.2. The summed E-state index contributed by atoms with van der Waals surface area (Å²) in [5.41, 5.74) is 5.44. The molecule has 2 aliphatic carbocycles. The first-order chi connectivity index (χ1) is 22.5. The van der Waals surface area contributed by atoms with Gasteiger partial charge in [-0.05, 0) is 87.2 Å². The molecule has 0 unspecified atom stereocenters. The van der Waals surface area contributed by atoms with Crippen LogP contribution in [0.25, 0.3) is 0 Å². The molecule has 4 nitrogen and oxygen atoms in total. The Morgan fingerprint density at radius 2 is 0.660 bits per heavy atom. The lowest BCUT2D eigenvalue weighted by atomic mass is 9.70. The molecule has 2 N–H and O–H groups in total. The van der Waals surface area contributed by atoms with Crippen molar-refractivity contribution in [2.24, 2.45) is 10.8 Å². The van der Waals surface area contributed by atoms with Crippen LogP contribution in [0, 0.1) is 10.8 Å². The zero-order valence-electron chi connectivity index (χ0n) is 32.2. The fourth-order valence-electron chi connectivity index (χ4n) is 7.76. The van der Waals surface area contributed by atoms with Crippen LogP contribution in [0.1, 0.15) is 215 Å². The Morgan fingerprint density at radius 3 is 0.915 bits per heavy atom. The largest absolute Gasteiger partial charge is 0.396 e. The second kappa shape index (κ2) is 25.7. The van der Waals surface area contributed by atoms with Gasteiger partial charge >= 0.3 is 0 Å². The van der Waals surface area contributed by atoms with Gasteiger partial charge < -0.3 is 10.2 Å². The summed E-state index contributed by atoms with van der Waals surface area (Å²) in [6.45, 7) is 14.0. The van der Waals surface area contributed by atoms with Gasteiger partial charge in [0, 0.05) is 26.1 Å². The van der Waals surface area contributed by atoms with E-state index in [4.69, 9.17) is 10.2 Å². The van der Waals surface area contributed by atoms with Crippen LogP contribution in [0.4, 0.5) is 0 Å². The number of carbonyl (C=O) groups excluding carboxylic acids is 2. The van der Waals surface area contributed by atoms with Gasteiger partial charge in [-0.2, -0.15) is 0 Å². The van der Waals surface area contributed by atoms with Crippen molar-refractivity contribution in [2.75, 3.05) is 13.2 Å². The van der Waals surface area contributed by atoms with E-state index in [2.05, 4.69) is 27.7 Å². The summed E-state index contributed by atoms with van der Waals surface area (Å²) >= 11 is 0. The highest BCUT2D eigenvalue weighted by Gasteiger charge is 2.32. The fourth-order valence-corrected chi connectivity index (χ4v) is 7.76.